The molecule has 2 nitrogen and oxygen atoms in total. The van der Waals surface area contributed by atoms with E-state index >= 15 is 0 Å². The molecule has 3 heteroatoms. The van der Waals surface area contributed by atoms with Crippen molar-refractivity contribution in [2.24, 2.45) is 12.8 Å². The molecule has 2 N–H and O–H groups in total. The van der Waals surface area contributed by atoms with E-state index in [-0.39, 0.29) is 6.04 Å². The van der Waals surface area contributed by atoms with Gasteiger partial charge in [-0.1, -0.05) is 11.6 Å². The molecule has 0 aliphatic heterocycles. The molecular weight excluding hydrogens is 208 g/mol. The Morgan fingerprint density at radius 3 is 2.80 bits per heavy atom. The van der Waals surface area contributed by atoms with Crippen LogP contribution in [0.4, 0.5) is 0 Å². The molecule has 1 aromatic heterocycles. The van der Waals surface area contributed by atoms with Gasteiger partial charge in [0.25, 0.3) is 0 Å². The first-order valence-corrected chi connectivity index (χ1v) is 5.45. The molecule has 0 fully saturated rings. The van der Waals surface area contributed by atoms with Gasteiger partial charge in [-0.3, -0.25) is 0 Å². The molecule has 0 aliphatic carbocycles. The van der Waals surface area contributed by atoms with Crippen LogP contribution in [0.3, 0.4) is 0 Å². The van der Waals surface area contributed by atoms with Gasteiger partial charge in [0, 0.05) is 41.1 Å². The van der Waals surface area contributed by atoms with Crippen LogP contribution in [-0.4, -0.2) is 10.6 Å². The molecular formula is C12H15ClN2. The van der Waals surface area contributed by atoms with Gasteiger partial charge in [-0.25, -0.2) is 0 Å². The minimum atomic E-state index is 0.184. The standard InChI is InChI=1S/C12H15ClN2/c1-8(14)5-11-7-9-6-10(13)3-4-12(9)15(11)2/h3-4,6-8H,5,14H2,1-2H3. The molecule has 1 unspecified atom stereocenters. The third kappa shape index (κ3) is 2.01. The van der Waals surface area contributed by atoms with E-state index in [0.717, 1.165) is 11.4 Å². The summed E-state index contributed by atoms with van der Waals surface area (Å²) < 4.78 is 2.18. The van der Waals surface area contributed by atoms with Crippen LogP contribution in [0.25, 0.3) is 10.9 Å². The Kier molecular flexibility index (Phi) is 2.72. The second kappa shape index (κ2) is 3.87. The minimum absolute atomic E-state index is 0.184. The number of hydrogen-bond donors (Lipinski definition) is 1. The van der Waals surface area contributed by atoms with Gasteiger partial charge in [0.1, 0.15) is 0 Å². The van der Waals surface area contributed by atoms with Crippen LogP contribution >= 0.6 is 11.6 Å². The van der Waals surface area contributed by atoms with Gasteiger partial charge in [-0.15, -0.1) is 0 Å². The summed E-state index contributed by atoms with van der Waals surface area (Å²) >= 11 is 5.95. The zero-order valence-corrected chi connectivity index (χ0v) is 9.75. The quantitative estimate of drug-likeness (QED) is 0.833. The van der Waals surface area contributed by atoms with Crippen LogP contribution in [0.15, 0.2) is 24.3 Å². The Balaban J connectivity index is 2.54. The summed E-state index contributed by atoms with van der Waals surface area (Å²) in [7, 11) is 2.06. The van der Waals surface area contributed by atoms with Crippen molar-refractivity contribution in [1.82, 2.24) is 4.57 Å². The maximum Gasteiger partial charge on any atom is 0.0480 e. The van der Waals surface area contributed by atoms with E-state index in [4.69, 9.17) is 17.3 Å². The lowest BCUT2D eigenvalue weighted by molar-refractivity contribution is 0.696. The molecule has 1 aromatic carbocycles. The van der Waals surface area contributed by atoms with E-state index in [1.165, 1.54) is 16.6 Å². The fraction of sp³-hybridized carbons (Fsp3) is 0.333. The summed E-state index contributed by atoms with van der Waals surface area (Å²) in [6.45, 7) is 2.02. The van der Waals surface area contributed by atoms with Gasteiger partial charge in [0.15, 0.2) is 0 Å². The number of aryl methyl sites for hydroxylation is 1. The van der Waals surface area contributed by atoms with Crippen molar-refractivity contribution in [2.75, 3.05) is 0 Å². The van der Waals surface area contributed by atoms with Crippen LogP contribution in [-0.2, 0) is 13.5 Å². The molecule has 0 aliphatic rings. The Morgan fingerprint density at radius 1 is 1.40 bits per heavy atom. The SMILES string of the molecule is CC(N)Cc1cc2cc(Cl)ccc2n1C. The molecule has 0 amide bonds. The Morgan fingerprint density at radius 2 is 2.13 bits per heavy atom. The highest BCUT2D eigenvalue weighted by atomic mass is 35.5. The predicted molar refractivity (Wildman–Crippen MR) is 65.3 cm³/mol. The van der Waals surface area contributed by atoms with Crippen molar-refractivity contribution in [3.63, 3.8) is 0 Å². The van der Waals surface area contributed by atoms with Crippen molar-refractivity contribution in [3.8, 4) is 0 Å². The average Bonchev–Trinajstić information content (AvgIpc) is 2.42. The highest BCUT2D eigenvalue weighted by Crippen LogP contribution is 2.23. The molecule has 2 aromatic rings. The zero-order chi connectivity index (χ0) is 11.0. The number of halogens is 1. The lowest BCUT2D eigenvalue weighted by Gasteiger charge is -2.06. The number of nitrogens with zero attached hydrogens (tertiary/aromatic N) is 1. The largest absolute Gasteiger partial charge is 0.348 e. The van der Waals surface area contributed by atoms with Crippen LogP contribution < -0.4 is 5.73 Å². The van der Waals surface area contributed by atoms with E-state index in [9.17, 15) is 0 Å². The maximum atomic E-state index is 5.95. The fourth-order valence-corrected chi connectivity index (χ4v) is 2.08. The molecule has 1 heterocycles. The molecule has 15 heavy (non-hydrogen) atoms. The lowest BCUT2D eigenvalue weighted by Crippen LogP contribution is -2.19. The van der Waals surface area contributed by atoms with Crippen LogP contribution in [0.1, 0.15) is 12.6 Å². The van der Waals surface area contributed by atoms with E-state index in [2.05, 4.69) is 17.7 Å². The first-order valence-electron chi connectivity index (χ1n) is 5.07. The second-order valence-corrected chi connectivity index (χ2v) is 4.52. The minimum Gasteiger partial charge on any atom is -0.348 e. The van der Waals surface area contributed by atoms with Crippen LogP contribution in [0.5, 0.6) is 0 Å². The number of aromatic nitrogens is 1. The highest BCUT2D eigenvalue weighted by molar-refractivity contribution is 6.31. The van der Waals surface area contributed by atoms with Crippen LogP contribution in [0.2, 0.25) is 5.02 Å². The smallest absolute Gasteiger partial charge is 0.0480 e. The summed E-state index contributed by atoms with van der Waals surface area (Å²) in [6, 6.07) is 8.29. The summed E-state index contributed by atoms with van der Waals surface area (Å²) in [4.78, 5) is 0. The zero-order valence-electron chi connectivity index (χ0n) is 9.00. The van der Waals surface area contributed by atoms with Crippen molar-refractivity contribution >= 4 is 22.5 Å². The Hall–Kier alpha value is -0.990. The monoisotopic (exact) mass is 222 g/mol. The van der Waals surface area contributed by atoms with Gasteiger partial charge < -0.3 is 10.3 Å². The summed E-state index contributed by atoms with van der Waals surface area (Å²) in [5.41, 5.74) is 8.26. The van der Waals surface area contributed by atoms with Crippen molar-refractivity contribution in [3.05, 3.63) is 35.0 Å². The second-order valence-electron chi connectivity index (χ2n) is 4.08. The Bertz CT molecular complexity index is 486. The van der Waals surface area contributed by atoms with Gasteiger partial charge in [0.2, 0.25) is 0 Å². The number of rotatable bonds is 2. The summed E-state index contributed by atoms with van der Waals surface area (Å²) in [6.07, 6.45) is 0.892. The summed E-state index contributed by atoms with van der Waals surface area (Å²) in [5.74, 6) is 0. The number of benzene rings is 1. The molecule has 0 radical (unpaired) electrons. The van der Waals surface area contributed by atoms with Gasteiger partial charge in [-0.05, 0) is 31.2 Å². The van der Waals surface area contributed by atoms with Crippen molar-refractivity contribution in [1.29, 1.82) is 0 Å². The van der Waals surface area contributed by atoms with E-state index in [1.807, 2.05) is 25.1 Å². The van der Waals surface area contributed by atoms with E-state index in [1.54, 1.807) is 0 Å². The number of nitrogens with two attached hydrogens (primary N) is 1. The first-order chi connectivity index (χ1) is 7.08. The Labute approximate surface area is 94.6 Å². The fourth-order valence-electron chi connectivity index (χ4n) is 1.90. The highest BCUT2D eigenvalue weighted by Gasteiger charge is 2.07. The van der Waals surface area contributed by atoms with Gasteiger partial charge >= 0.3 is 0 Å². The molecule has 0 saturated carbocycles. The van der Waals surface area contributed by atoms with E-state index < -0.39 is 0 Å². The van der Waals surface area contributed by atoms with Gasteiger partial charge in [-0.2, -0.15) is 0 Å². The third-order valence-corrected chi connectivity index (χ3v) is 2.87. The van der Waals surface area contributed by atoms with Crippen molar-refractivity contribution in [2.45, 2.75) is 19.4 Å². The topological polar surface area (TPSA) is 30.9 Å². The number of hydrogen-bond acceptors (Lipinski definition) is 1. The predicted octanol–water partition coefficient (Wildman–Crippen LogP) is 2.72. The van der Waals surface area contributed by atoms with E-state index in [0.29, 0.717) is 0 Å². The normalized spacial score (nSPS) is 13.3. The van der Waals surface area contributed by atoms with Crippen molar-refractivity contribution < 1.29 is 0 Å². The molecule has 2 rings (SSSR count). The average molecular weight is 223 g/mol. The molecule has 80 valence electrons. The molecule has 0 spiro atoms. The van der Waals surface area contributed by atoms with Crippen LogP contribution in [0, 0.1) is 0 Å². The molecule has 1 atom stereocenters. The van der Waals surface area contributed by atoms with Gasteiger partial charge in [0.05, 0.1) is 0 Å². The number of fused-ring (bicyclic) bond motifs is 1. The first kappa shape index (κ1) is 10.5. The maximum absolute atomic E-state index is 5.95. The summed E-state index contributed by atoms with van der Waals surface area (Å²) in [5, 5.41) is 1.96. The lowest BCUT2D eigenvalue weighted by atomic mass is 10.2. The molecule has 0 bridgehead atoms. The third-order valence-electron chi connectivity index (χ3n) is 2.63. The molecule has 0 saturated heterocycles.